The highest BCUT2D eigenvalue weighted by molar-refractivity contribution is 5.29. The Morgan fingerprint density at radius 3 is 2.25 bits per heavy atom. The lowest BCUT2D eigenvalue weighted by atomic mass is 10.0. The van der Waals surface area contributed by atoms with E-state index in [4.69, 9.17) is 4.74 Å². The topological polar surface area (TPSA) is 9.23 Å². The molecule has 0 radical (unpaired) electrons. The second kappa shape index (κ2) is 6.70. The van der Waals surface area contributed by atoms with Gasteiger partial charge in [-0.25, -0.2) is 0 Å². The summed E-state index contributed by atoms with van der Waals surface area (Å²) in [6.07, 6.45) is 3.91. The lowest BCUT2D eigenvalue weighted by Crippen LogP contribution is -2.02. The quantitative estimate of drug-likeness (QED) is 0.638. The van der Waals surface area contributed by atoms with Gasteiger partial charge in [-0.1, -0.05) is 49.1 Å². The number of unbranched alkanes of at least 4 members (excludes halogenated alkanes) is 2. The van der Waals surface area contributed by atoms with Gasteiger partial charge in [0.05, 0.1) is 6.10 Å². The first-order valence-corrected chi connectivity index (χ1v) is 6.33. The summed E-state index contributed by atoms with van der Waals surface area (Å²) >= 11 is 0. The minimum atomic E-state index is 0.218. The average molecular weight is 220 g/mol. The third-order valence-electron chi connectivity index (χ3n) is 2.83. The Labute approximate surface area is 99.8 Å². The van der Waals surface area contributed by atoms with Crippen molar-refractivity contribution in [2.24, 2.45) is 0 Å². The zero-order chi connectivity index (χ0) is 12.0. The van der Waals surface area contributed by atoms with Crippen LogP contribution in [0.3, 0.4) is 0 Å². The van der Waals surface area contributed by atoms with Gasteiger partial charge < -0.3 is 4.74 Å². The summed E-state index contributed by atoms with van der Waals surface area (Å²) in [4.78, 5) is 0. The molecule has 0 amide bonds. The van der Waals surface area contributed by atoms with E-state index in [0.717, 1.165) is 6.61 Å². The van der Waals surface area contributed by atoms with Crippen molar-refractivity contribution in [1.29, 1.82) is 0 Å². The predicted molar refractivity (Wildman–Crippen MR) is 69.8 cm³/mol. The first-order valence-electron chi connectivity index (χ1n) is 6.33. The van der Waals surface area contributed by atoms with Crippen LogP contribution in [0.4, 0.5) is 0 Å². The van der Waals surface area contributed by atoms with E-state index < -0.39 is 0 Å². The van der Waals surface area contributed by atoms with Gasteiger partial charge >= 0.3 is 0 Å². The monoisotopic (exact) mass is 220 g/mol. The Morgan fingerprint density at radius 1 is 1.06 bits per heavy atom. The highest BCUT2D eigenvalue weighted by Crippen LogP contribution is 2.20. The molecule has 0 saturated carbocycles. The molecule has 1 nitrogen and oxygen atoms in total. The molecule has 0 N–H and O–H groups in total. The van der Waals surface area contributed by atoms with Gasteiger partial charge in [0, 0.05) is 6.61 Å². The maximum Gasteiger partial charge on any atom is 0.0796 e. The summed E-state index contributed by atoms with van der Waals surface area (Å²) in [7, 11) is 0. The van der Waals surface area contributed by atoms with Crippen molar-refractivity contribution >= 4 is 0 Å². The molecule has 1 aromatic rings. The van der Waals surface area contributed by atoms with Crippen LogP contribution in [-0.2, 0) is 4.74 Å². The van der Waals surface area contributed by atoms with Crippen molar-refractivity contribution in [2.45, 2.75) is 53.1 Å². The number of hydrogen-bond donors (Lipinski definition) is 0. The highest BCUT2D eigenvalue weighted by Gasteiger charge is 2.06. The molecule has 16 heavy (non-hydrogen) atoms. The molecule has 0 fully saturated rings. The molecule has 90 valence electrons. The molecule has 0 spiro atoms. The van der Waals surface area contributed by atoms with Crippen molar-refractivity contribution in [3.8, 4) is 0 Å². The van der Waals surface area contributed by atoms with E-state index in [1.54, 1.807) is 0 Å². The summed E-state index contributed by atoms with van der Waals surface area (Å²) in [6.45, 7) is 9.51. The van der Waals surface area contributed by atoms with Gasteiger partial charge in [-0.15, -0.1) is 0 Å². The fourth-order valence-corrected chi connectivity index (χ4v) is 1.95. The normalized spacial score (nSPS) is 12.8. The van der Waals surface area contributed by atoms with E-state index >= 15 is 0 Å². The molecular formula is C15H24O. The van der Waals surface area contributed by atoms with E-state index in [9.17, 15) is 0 Å². The summed E-state index contributed by atoms with van der Waals surface area (Å²) < 4.78 is 5.84. The standard InChI is InChI=1S/C15H24O/c1-5-6-7-8-16-14(4)15-10-12(2)9-13(3)11-15/h9-11,14H,5-8H2,1-4H3. The van der Waals surface area contributed by atoms with Crippen molar-refractivity contribution in [1.82, 2.24) is 0 Å². The largest absolute Gasteiger partial charge is 0.374 e. The van der Waals surface area contributed by atoms with Crippen LogP contribution in [0.2, 0.25) is 0 Å². The molecule has 0 aromatic heterocycles. The summed E-state index contributed by atoms with van der Waals surface area (Å²) in [5.41, 5.74) is 3.94. The van der Waals surface area contributed by atoms with Crippen molar-refractivity contribution < 1.29 is 4.74 Å². The smallest absolute Gasteiger partial charge is 0.0796 e. The van der Waals surface area contributed by atoms with Crippen LogP contribution in [0.1, 0.15) is 55.9 Å². The van der Waals surface area contributed by atoms with Gasteiger partial charge in [-0.3, -0.25) is 0 Å². The number of ether oxygens (including phenoxy) is 1. The minimum Gasteiger partial charge on any atom is -0.374 e. The van der Waals surface area contributed by atoms with Crippen LogP contribution in [-0.4, -0.2) is 6.61 Å². The molecular weight excluding hydrogens is 196 g/mol. The molecule has 1 heteroatoms. The van der Waals surface area contributed by atoms with E-state index in [1.165, 1.54) is 36.0 Å². The molecule has 1 rings (SSSR count). The van der Waals surface area contributed by atoms with Crippen molar-refractivity contribution in [3.63, 3.8) is 0 Å². The van der Waals surface area contributed by atoms with Crippen LogP contribution < -0.4 is 0 Å². The Hall–Kier alpha value is -0.820. The maximum atomic E-state index is 5.84. The first-order chi connectivity index (χ1) is 7.63. The number of benzene rings is 1. The lowest BCUT2D eigenvalue weighted by Gasteiger charge is -2.14. The SMILES string of the molecule is CCCCCOC(C)c1cc(C)cc(C)c1. The fraction of sp³-hybridized carbons (Fsp3) is 0.600. The van der Waals surface area contributed by atoms with Crippen LogP contribution in [0.15, 0.2) is 18.2 Å². The van der Waals surface area contributed by atoms with Crippen LogP contribution >= 0.6 is 0 Å². The second-order valence-electron chi connectivity index (χ2n) is 4.64. The zero-order valence-electron chi connectivity index (χ0n) is 11.0. The van der Waals surface area contributed by atoms with E-state index in [-0.39, 0.29) is 6.10 Å². The molecule has 1 unspecified atom stereocenters. The third kappa shape index (κ3) is 4.36. The number of aryl methyl sites for hydroxylation is 2. The van der Waals surface area contributed by atoms with E-state index in [0.29, 0.717) is 0 Å². The lowest BCUT2D eigenvalue weighted by molar-refractivity contribution is 0.0629. The molecule has 0 aliphatic carbocycles. The van der Waals surface area contributed by atoms with Crippen LogP contribution in [0.25, 0.3) is 0 Å². The van der Waals surface area contributed by atoms with Gasteiger partial charge in [0.1, 0.15) is 0 Å². The van der Waals surface area contributed by atoms with Gasteiger partial charge in [-0.05, 0) is 32.8 Å². The Bertz CT molecular complexity index is 297. The average Bonchev–Trinajstić information content (AvgIpc) is 2.22. The highest BCUT2D eigenvalue weighted by atomic mass is 16.5. The summed E-state index contributed by atoms with van der Waals surface area (Å²) in [5.74, 6) is 0. The van der Waals surface area contributed by atoms with Gasteiger partial charge in [0.25, 0.3) is 0 Å². The minimum absolute atomic E-state index is 0.218. The zero-order valence-corrected chi connectivity index (χ0v) is 11.0. The van der Waals surface area contributed by atoms with Crippen LogP contribution in [0.5, 0.6) is 0 Å². The maximum absolute atomic E-state index is 5.84. The summed E-state index contributed by atoms with van der Waals surface area (Å²) in [5, 5.41) is 0. The Balaban J connectivity index is 2.48. The van der Waals surface area contributed by atoms with Gasteiger partial charge in [-0.2, -0.15) is 0 Å². The molecule has 0 aliphatic rings. The van der Waals surface area contributed by atoms with Crippen molar-refractivity contribution in [2.75, 3.05) is 6.61 Å². The second-order valence-corrected chi connectivity index (χ2v) is 4.64. The Morgan fingerprint density at radius 2 is 1.69 bits per heavy atom. The van der Waals surface area contributed by atoms with Gasteiger partial charge in [0.2, 0.25) is 0 Å². The number of hydrogen-bond acceptors (Lipinski definition) is 1. The number of rotatable bonds is 6. The van der Waals surface area contributed by atoms with E-state index in [1.807, 2.05) is 0 Å². The molecule has 0 saturated heterocycles. The van der Waals surface area contributed by atoms with Crippen LogP contribution in [0, 0.1) is 13.8 Å². The van der Waals surface area contributed by atoms with Crippen molar-refractivity contribution in [3.05, 3.63) is 34.9 Å². The summed E-state index contributed by atoms with van der Waals surface area (Å²) in [6, 6.07) is 6.64. The molecule has 1 aromatic carbocycles. The fourth-order valence-electron chi connectivity index (χ4n) is 1.95. The first kappa shape index (κ1) is 13.2. The Kier molecular flexibility index (Phi) is 5.54. The molecule has 0 heterocycles. The predicted octanol–water partition coefficient (Wildman–Crippen LogP) is 4.57. The third-order valence-corrected chi connectivity index (χ3v) is 2.83. The van der Waals surface area contributed by atoms with Gasteiger partial charge in [0.15, 0.2) is 0 Å². The molecule has 0 aliphatic heterocycles. The van der Waals surface area contributed by atoms with E-state index in [2.05, 4.69) is 45.9 Å². The molecule has 0 bridgehead atoms. The molecule has 1 atom stereocenters.